The van der Waals surface area contributed by atoms with Gasteiger partial charge >= 0.3 is 12.0 Å². The summed E-state index contributed by atoms with van der Waals surface area (Å²) in [6, 6.07) is 9.64. The molecule has 2 amide bonds. The second-order valence-electron chi connectivity index (χ2n) is 8.11. The van der Waals surface area contributed by atoms with E-state index in [1.54, 1.807) is 4.90 Å². The molecule has 0 saturated heterocycles. The monoisotopic (exact) mass is 374 g/mol. The summed E-state index contributed by atoms with van der Waals surface area (Å²) in [6.45, 7) is 0.789. The highest BCUT2D eigenvalue weighted by atomic mass is 16.4. The number of benzene rings is 1. The number of aliphatic hydroxyl groups is 1. The van der Waals surface area contributed by atoms with Crippen molar-refractivity contribution in [3.63, 3.8) is 0 Å². The van der Waals surface area contributed by atoms with Crippen LogP contribution in [0.1, 0.15) is 56.9 Å². The van der Waals surface area contributed by atoms with Crippen LogP contribution in [0.15, 0.2) is 30.3 Å². The first-order valence-corrected chi connectivity index (χ1v) is 10.00. The van der Waals surface area contributed by atoms with Crippen molar-refractivity contribution in [2.45, 2.75) is 69.6 Å². The summed E-state index contributed by atoms with van der Waals surface area (Å²) >= 11 is 0. The second kappa shape index (κ2) is 8.74. The number of hydrogen-bond donors (Lipinski definition) is 3. The summed E-state index contributed by atoms with van der Waals surface area (Å²) in [6.07, 6.45) is 6.03. The molecule has 1 aromatic carbocycles. The molecule has 1 aromatic rings. The SMILES string of the molecule is O=C(O)C1CCC(NC(=O)N(Cc2ccccc2)CC2(O)CCCC2)CC1. The molecule has 2 saturated carbocycles. The lowest BCUT2D eigenvalue weighted by molar-refractivity contribution is -0.142. The minimum atomic E-state index is -0.799. The Balaban J connectivity index is 1.62. The largest absolute Gasteiger partial charge is 0.481 e. The number of nitrogens with one attached hydrogen (secondary N) is 1. The zero-order chi connectivity index (χ0) is 19.3. The van der Waals surface area contributed by atoms with Crippen molar-refractivity contribution in [1.29, 1.82) is 0 Å². The van der Waals surface area contributed by atoms with Crippen molar-refractivity contribution in [3.05, 3.63) is 35.9 Å². The van der Waals surface area contributed by atoms with Gasteiger partial charge in [0.1, 0.15) is 0 Å². The minimum Gasteiger partial charge on any atom is -0.481 e. The van der Waals surface area contributed by atoms with Gasteiger partial charge in [-0.15, -0.1) is 0 Å². The van der Waals surface area contributed by atoms with Crippen molar-refractivity contribution in [3.8, 4) is 0 Å². The van der Waals surface area contributed by atoms with Gasteiger partial charge in [0.2, 0.25) is 0 Å². The fourth-order valence-corrected chi connectivity index (χ4v) is 4.30. The number of carbonyl (C=O) groups is 2. The summed E-state index contributed by atoms with van der Waals surface area (Å²) in [7, 11) is 0. The molecule has 2 aliphatic carbocycles. The highest BCUT2D eigenvalue weighted by Gasteiger charge is 2.35. The van der Waals surface area contributed by atoms with Crippen LogP contribution in [0.3, 0.4) is 0 Å². The van der Waals surface area contributed by atoms with Gasteiger partial charge in [-0.05, 0) is 44.1 Å². The Morgan fingerprint density at radius 1 is 1.07 bits per heavy atom. The zero-order valence-electron chi connectivity index (χ0n) is 15.8. The van der Waals surface area contributed by atoms with Crippen LogP contribution in [0.25, 0.3) is 0 Å². The number of aliphatic carboxylic acids is 1. The Kier molecular flexibility index (Phi) is 6.37. The van der Waals surface area contributed by atoms with Crippen LogP contribution in [0.2, 0.25) is 0 Å². The number of rotatable bonds is 6. The van der Waals surface area contributed by atoms with Gasteiger partial charge < -0.3 is 20.4 Å². The molecule has 0 bridgehead atoms. The Bertz CT molecular complexity index is 635. The molecule has 2 aliphatic rings. The maximum absolute atomic E-state index is 12.9. The number of urea groups is 1. The van der Waals surface area contributed by atoms with E-state index >= 15 is 0 Å². The van der Waals surface area contributed by atoms with Crippen LogP contribution in [-0.4, -0.2) is 45.3 Å². The van der Waals surface area contributed by atoms with Crippen molar-refractivity contribution >= 4 is 12.0 Å². The lowest BCUT2D eigenvalue weighted by Gasteiger charge is -2.34. The maximum Gasteiger partial charge on any atom is 0.318 e. The summed E-state index contributed by atoms with van der Waals surface area (Å²) in [5, 5.41) is 23.0. The molecule has 0 atom stereocenters. The molecule has 3 rings (SSSR count). The molecule has 0 unspecified atom stereocenters. The predicted molar refractivity (Wildman–Crippen MR) is 102 cm³/mol. The quantitative estimate of drug-likeness (QED) is 0.713. The molecule has 148 valence electrons. The third-order valence-electron chi connectivity index (χ3n) is 5.93. The Morgan fingerprint density at radius 3 is 2.30 bits per heavy atom. The van der Waals surface area contributed by atoms with E-state index in [0.717, 1.165) is 31.2 Å². The standard InChI is InChI=1S/C21H30N2O4/c24-19(25)17-8-10-18(11-9-17)22-20(26)23(14-16-6-2-1-3-7-16)15-21(27)12-4-5-13-21/h1-3,6-7,17-18,27H,4-5,8-15H2,(H,22,26)(H,24,25). The second-order valence-corrected chi connectivity index (χ2v) is 8.11. The van der Waals surface area contributed by atoms with E-state index in [1.807, 2.05) is 30.3 Å². The van der Waals surface area contributed by atoms with Crippen LogP contribution in [0.5, 0.6) is 0 Å². The smallest absolute Gasteiger partial charge is 0.318 e. The van der Waals surface area contributed by atoms with E-state index in [4.69, 9.17) is 5.11 Å². The first kappa shape index (κ1) is 19.7. The van der Waals surface area contributed by atoms with Crippen molar-refractivity contribution < 1.29 is 19.8 Å². The van der Waals surface area contributed by atoms with E-state index < -0.39 is 11.6 Å². The molecule has 6 heteroatoms. The Morgan fingerprint density at radius 2 is 1.70 bits per heavy atom. The van der Waals surface area contributed by atoms with E-state index in [9.17, 15) is 14.7 Å². The molecule has 27 heavy (non-hydrogen) atoms. The molecule has 0 heterocycles. The van der Waals surface area contributed by atoms with Gasteiger partial charge in [0.05, 0.1) is 18.1 Å². The van der Waals surface area contributed by atoms with Gasteiger partial charge in [0.25, 0.3) is 0 Å². The van der Waals surface area contributed by atoms with Crippen molar-refractivity contribution in [2.75, 3.05) is 6.54 Å². The fourth-order valence-electron chi connectivity index (χ4n) is 4.30. The average Bonchev–Trinajstić information content (AvgIpc) is 3.09. The molecule has 3 N–H and O–H groups in total. The van der Waals surface area contributed by atoms with E-state index in [1.165, 1.54) is 0 Å². The predicted octanol–water partition coefficient (Wildman–Crippen LogP) is 3.15. The zero-order valence-corrected chi connectivity index (χ0v) is 15.8. The molecular weight excluding hydrogens is 344 g/mol. The summed E-state index contributed by atoms with van der Waals surface area (Å²) in [5.74, 6) is -1.04. The summed E-state index contributed by atoms with van der Waals surface area (Å²) in [4.78, 5) is 25.8. The molecule has 0 aliphatic heterocycles. The first-order valence-electron chi connectivity index (χ1n) is 10.00. The van der Waals surface area contributed by atoms with Crippen LogP contribution < -0.4 is 5.32 Å². The third kappa shape index (κ3) is 5.45. The maximum atomic E-state index is 12.9. The Labute approximate surface area is 160 Å². The molecular formula is C21H30N2O4. The minimum absolute atomic E-state index is 0.00425. The third-order valence-corrected chi connectivity index (χ3v) is 5.93. The summed E-state index contributed by atoms with van der Waals surface area (Å²) < 4.78 is 0. The number of carboxylic acids is 1. The molecule has 0 spiro atoms. The van der Waals surface area contributed by atoms with Gasteiger partial charge in [0, 0.05) is 12.6 Å². The lowest BCUT2D eigenvalue weighted by atomic mass is 9.86. The number of amides is 2. The highest BCUT2D eigenvalue weighted by molar-refractivity contribution is 5.75. The van der Waals surface area contributed by atoms with Gasteiger partial charge in [-0.2, -0.15) is 0 Å². The first-order chi connectivity index (χ1) is 13.0. The van der Waals surface area contributed by atoms with Crippen LogP contribution in [0, 0.1) is 5.92 Å². The average molecular weight is 374 g/mol. The van der Waals surface area contributed by atoms with Gasteiger partial charge in [0.15, 0.2) is 0 Å². The Hall–Kier alpha value is -2.08. The lowest BCUT2D eigenvalue weighted by Crippen LogP contribution is -2.50. The van der Waals surface area contributed by atoms with Crippen molar-refractivity contribution in [2.24, 2.45) is 5.92 Å². The van der Waals surface area contributed by atoms with Crippen LogP contribution >= 0.6 is 0 Å². The van der Waals surface area contributed by atoms with Gasteiger partial charge in [-0.1, -0.05) is 43.2 Å². The summed E-state index contributed by atoms with van der Waals surface area (Å²) in [5.41, 5.74) is 0.233. The molecule has 0 radical (unpaired) electrons. The number of nitrogens with zero attached hydrogens (tertiary/aromatic N) is 1. The van der Waals surface area contributed by atoms with Crippen molar-refractivity contribution in [1.82, 2.24) is 10.2 Å². The molecule has 6 nitrogen and oxygen atoms in total. The fraction of sp³-hybridized carbons (Fsp3) is 0.619. The van der Waals surface area contributed by atoms with Crippen LogP contribution in [0.4, 0.5) is 4.79 Å². The van der Waals surface area contributed by atoms with E-state index in [2.05, 4.69) is 5.32 Å². The van der Waals surface area contributed by atoms with Crippen LogP contribution in [-0.2, 0) is 11.3 Å². The van der Waals surface area contributed by atoms with E-state index in [-0.39, 0.29) is 18.0 Å². The topological polar surface area (TPSA) is 89.9 Å². The van der Waals surface area contributed by atoms with Gasteiger partial charge in [-0.25, -0.2) is 4.79 Å². The number of carboxylic acid groups (broad SMARTS) is 1. The number of carbonyl (C=O) groups excluding carboxylic acids is 1. The normalized spacial score (nSPS) is 24.3. The molecule has 2 fully saturated rings. The number of hydrogen-bond acceptors (Lipinski definition) is 3. The van der Waals surface area contributed by atoms with E-state index in [0.29, 0.717) is 38.8 Å². The highest BCUT2D eigenvalue weighted by Crippen LogP contribution is 2.31. The van der Waals surface area contributed by atoms with Gasteiger partial charge in [-0.3, -0.25) is 4.79 Å². The molecule has 0 aromatic heterocycles.